The zero-order chi connectivity index (χ0) is 18.9. The van der Waals surface area contributed by atoms with Crippen molar-refractivity contribution in [2.75, 3.05) is 13.2 Å². The molecule has 0 aliphatic heterocycles. The molecule has 1 aliphatic carbocycles. The molecule has 146 valence electrons. The molecule has 0 atom stereocenters. The van der Waals surface area contributed by atoms with Crippen LogP contribution in [-0.4, -0.2) is 34.9 Å². The average Bonchev–Trinajstić information content (AvgIpc) is 3.28. The molecule has 1 amide bonds. The molecule has 1 aliphatic rings. The minimum Gasteiger partial charge on any atom is -0.461 e. The lowest BCUT2D eigenvalue weighted by Crippen LogP contribution is -2.32. The molecular weight excluding hydrogens is 348 g/mol. The molecule has 1 heterocycles. The van der Waals surface area contributed by atoms with Crippen molar-refractivity contribution in [3.05, 3.63) is 16.1 Å². The Kier molecular flexibility index (Phi) is 8.55. The van der Waals surface area contributed by atoms with Gasteiger partial charge >= 0.3 is 5.97 Å². The van der Waals surface area contributed by atoms with Gasteiger partial charge in [0.2, 0.25) is 5.91 Å². The van der Waals surface area contributed by atoms with Gasteiger partial charge in [0.25, 0.3) is 0 Å². The number of carbonyl (C=O) groups is 2. The van der Waals surface area contributed by atoms with E-state index in [1.54, 1.807) is 12.3 Å². The van der Waals surface area contributed by atoms with Gasteiger partial charge in [0.05, 0.1) is 13.2 Å². The largest absolute Gasteiger partial charge is 0.461 e. The number of aromatic nitrogens is 1. The molecule has 0 radical (unpaired) electrons. The Balaban J connectivity index is 1.94. The predicted molar refractivity (Wildman–Crippen MR) is 104 cm³/mol. The van der Waals surface area contributed by atoms with E-state index < -0.39 is 5.97 Å². The molecule has 2 rings (SSSR count). The van der Waals surface area contributed by atoms with Gasteiger partial charge in [-0.05, 0) is 31.6 Å². The maximum Gasteiger partial charge on any atom is 0.357 e. The van der Waals surface area contributed by atoms with E-state index >= 15 is 0 Å². The first-order valence-corrected chi connectivity index (χ1v) is 10.8. The molecule has 0 unspecified atom stereocenters. The fraction of sp³-hybridized carbons (Fsp3) is 0.750. The standard InChI is InChI=1S/C20H32N2O3S/c1-4-25-20(24)17-14-26-18(21-17)13-22(12-11-15(2)3)19(23)10-9-16-7-5-6-8-16/h14-16H,4-13H2,1-3H3. The van der Waals surface area contributed by atoms with Crippen molar-refractivity contribution < 1.29 is 14.3 Å². The topological polar surface area (TPSA) is 59.5 Å². The van der Waals surface area contributed by atoms with Crippen LogP contribution in [0, 0.1) is 11.8 Å². The van der Waals surface area contributed by atoms with Crippen LogP contribution >= 0.6 is 11.3 Å². The molecule has 26 heavy (non-hydrogen) atoms. The number of esters is 1. The average molecular weight is 381 g/mol. The van der Waals surface area contributed by atoms with Crippen LogP contribution in [0.4, 0.5) is 0 Å². The lowest BCUT2D eigenvalue weighted by Gasteiger charge is -2.23. The van der Waals surface area contributed by atoms with Crippen molar-refractivity contribution in [1.29, 1.82) is 0 Å². The molecule has 1 aromatic heterocycles. The molecule has 0 bridgehead atoms. The maximum absolute atomic E-state index is 12.8. The highest BCUT2D eigenvalue weighted by atomic mass is 32.1. The molecule has 0 N–H and O–H groups in total. The number of amides is 1. The minimum absolute atomic E-state index is 0.213. The summed E-state index contributed by atoms with van der Waals surface area (Å²) in [6.45, 7) is 7.69. The van der Waals surface area contributed by atoms with Crippen LogP contribution in [0.15, 0.2) is 5.38 Å². The summed E-state index contributed by atoms with van der Waals surface area (Å²) in [5.41, 5.74) is 0.342. The van der Waals surface area contributed by atoms with Crippen molar-refractivity contribution in [3.63, 3.8) is 0 Å². The van der Waals surface area contributed by atoms with E-state index in [1.807, 2.05) is 4.90 Å². The second-order valence-electron chi connectivity index (χ2n) is 7.53. The van der Waals surface area contributed by atoms with Crippen LogP contribution < -0.4 is 0 Å². The summed E-state index contributed by atoms with van der Waals surface area (Å²) in [7, 11) is 0. The first-order chi connectivity index (χ1) is 12.5. The summed E-state index contributed by atoms with van der Waals surface area (Å²) in [5, 5.41) is 2.52. The van der Waals surface area contributed by atoms with E-state index in [-0.39, 0.29) is 5.91 Å². The van der Waals surface area contributed by atoms with Crippen molar-refractivity contribution in [2.45, 2.75) is 72.3 Å². The lowest BCUT2D eigenvalue weighted by atomic mass is 10.0. The summed E-state index contributed by atoms with van der Waals surface area (Å²) >= 11 is 1.42. The van der Waals surface area contributed by atoms with E-state index in [1.165, 1.54) is 37.0 Å². The highest BCUT2D eigenvalue weighted by Gasteiger charge is 2.21. The molecule has 0 aromatic carbocycles. The molecular formula is C20H32N2O3S. The van der Waals surface area contributed by atoms with Gasteiger partial charge in [-0.1, -0.05) is 39.5 Å². The van der Waals surface area contributed by atoms with Gasteiger partial charge in [0, 0.05) is 18.3 Å². The van der Waals surface area contributed by atoms with Gasteiger partial charge in [-0.2, -0.15) is 0 Å². The molecule has 1 aromatic rings. The normalized spacial score (nSPS) is 14.8. The Hall–Kier alpha value is -1.43. The van der Waals surface area contributed by atoms with Crippen LogP contribution in [0.5, 0.6) is 0 Å². The van der Waals surface area contributed by atoms with E-state index in [0.717, 1.165) is 30.3 Å². The predicted octanol–water partition coefficient (Wildman–Crippen LogP) is 4.66. The molecule has 5 nitrogen and oxygen atoms in total. The van der Waals surface area contributed by atoms with Gasteiger partial charge in [0.15, 0.2) is 5.69 Å². The first-order valence-electron chi connectivity index (χ1n) is 9.88. The summed E-state index contributed by atoms with van der Waals surface area (Å²) in [5.74, 6) is 1.09. The van der Waals surface area contributed by atoms with Gasteiger partial charge in [-0.15, -0.1) is 11.3 Å². The van der Waals surface area contributed by atoms with Crippen molar-refractivity contribution >= 4 is 23.2 Å². The third kappa shape index (κ3) is 6.71. The second-order valence-corrected chi connectivity index (χ2v) is 8.48. The smallest absolute Gasteiger partial charge is 0.357 e. The monoisotopic (exact) mass is 380 g/mol. The van der Waals surface area contributed by atoms with Crippen LogP contribution in [-0.2, 0) is 16.1 Å². The number of thiazole rings is 1. The number of rotatable bonds is 10. The number of hydrogen-bond acceptors (Lipinski definition) is 5. The van der Waals surface area contributed by atoms with Gasteiger partial charge in [-0.25, -0.2) is 9.78 Å². The fourth-order valence-corrected chi connectivity index (χ4v) is 4.11. The lowest BCUT2D eigenvalue weighted by molar-refractivity contribution is -0.132. The molecule has 1 fully saturated rings. The van der Waals surface area contributed by atoms with Crippen molar-refractivity contribution in [2.24, 2.45) is 11.8 Å². The number of ether oxygens (including phenoxy) is 1. The zero-order valence-corrected chi connectivity index (χ0v) is 17.1. The van der Waals surface area contributed by atoms with E-state index in [4.69, 9.17) is 4.74 Å². The molecule has 1 saturated carbocycles. The maximum atomic E-state index is 12.8. The summed E-state index contributed by atoms with van der Waals surface area (Å²) in [6, 6.07) is 0. The Labute approximate surface area is 161 Å². The third-order valence-corrected chi connectivity index (χ3v) is 5.77. The Bertz CT molecular complexity index is 579. The Morgan fingerprint density at radius 1 is 1.35 bits per heavy atom. The van der Waals surface area contributed by atoms with E-state index in [0.29, 0.717) is 31.2 Å². The van der Waals surface area contributed by atoms with Gasteiger partial charge < -0.3 is 9.64 Å². The van der Waals surface area contributed by atoms with E-state index in [2.05, 4.69) is 18.8 Å². The quantitative estimate of drug-likeness (QED) is 0.554. The van der Waals surface area contributed by atoms with Crippen LogP contribution in [0.2, 0.25) is 0 Å². The SMILES string of the molecule is CCOC(=O)c1csc(CN(CCC(C)C)C(=O)CCC2CCCC2)n1. The Morgan fingerprint density at radius 3 is 2.73 bits per heavy atom. The number of hydrogen-bond donors (Lipinski definition) is 0. The summed E-state index contributed by atoms with van der Waals surface area (Å²) in [4.78, 5) is 30.8. The molecule has 6 heteroatoms. The van der Waals surface area contributed by atoms with Gasteiger partial charge in [-0.3, -0.25) is 4.79 Å². The fourth-order valence-electron chi connectivity index (χ4n) is 3.34. The van der Waals surface area contributed by atoms with Gasteiger partial charge in [0.1, 0.15) is 5.01 Å². The van der Waals surface area contributed by atoms with E-state index in [9.17, 15) is 9.59 Å². The molecule has 0 spiro atoms. The third-order valence-electron chi connectivity index (χ3n) is 4.93. The van der Waals surface area contributed by atoms with Crippen LogP contribution in [0.3, 0.4) is 0 Å². The second kappa shape index (κ2) is 10.7. The van der Waals surface area contributed by atoms with Crippen molar-refractivity contribution in [1.82, 2.24) is 9.88 Å². The highest BCUT2D eigenvalue weighted by molar-refractivity contribution is 7.09. The Morgan fingerprint density at radius 2 is 2.08 bits per heavy atom. The summed E-state index contributed by atoms with van der Waals surface area (Å²) in [6.07, 6.45) is 7.77. The number of nitrogens with zero attached hydrogens (tertiary/aromatic N) is 2. The summed E-state index contributed by atoms with van der Waals surface area (Å²) < 4.78 is 4.99. The van der Waals surface area contributed by atoms with Crippen LogP contribution in [0.1, 0.15) is 81.2 Å². The first kappa shape index (κ1) is 20.9. The highest BCUT2D eigenvalue weighted by Crippen LogP contribution is 2.29. The molecule has 0 saturated heterocycles. The minimum atomic E-state index is -0.392. The zero-order valence-electron chi connectivity index (χ0n) is 16.3. The van der Waals surface area contributed by atoms with Crippen LogP contribution in [0.25, 0.3) is 0 Å². The number of carbonyl (C=O) groups excluding carboxylic acids is 2. The van der Waals surface area contributed by atoms with Crippen molar-refractivity contribution in [3.8, 4) is 0 Å².